The molecule has 0 aliphatic rings. The summed E-state index contributed by atoms with van der Waals surface area (Å²) in [5, 5.41) is 10.8. The maximum atomic E-state index is 12.6. The third-order valence-electron chi connectivity index (χ3n) is 3.66. The van der Waals surface area contributed by atoms with Crippen LogP contribution in [0.5, 0.6) is 0 Å². The molecule has 0 saturated carbocycles. The van der Waals surface area contributed by atoms with Gasteiger partial charge in [0.2, 0.25) is 21.9 Å². The molecule has 9 nitrogen and oxygen atoms in total. The number of amides is 1. The number of benzene rings is 1. The Labute approximate surface area is 157 Å². The molecule has 1 aromatic carbocycles. The summed E-state index contributed by atoms with van der Waals surface area (Å²) in [4.78, 5) is 12.3. The van der Waals surface area contributed by atoms with Gasteiger partial charge in [0.05, 0.1) is 10.6 Å². The summed E-state index contributed by atoms with van der Waals surface area (Å²) < 4.78 is 28.1. The molecule has 11 heteroatoms. The molecular weight excluding hydrogens is 376 g/mol. The number of thioether (sulfide) groups is 1. The van der Waals surface area contributed by atoms with E-state index in [0.29, 0.717) is 23.9 Å². The van der Waals surface area contributed by atoms with Gasteiger partial charge in [0, 0.05) is 25.8 Å². The van der Waals surface area contributed by atoms with Crippen molar-refractivity contribution in [1.29, 1.82) is 0 Å². The lowest BCUT2D eigenvalue weighted by atomic mass is 10.3. The summed E-state index contributed by atoms with van der Waals surface area (Å²) in [6.07, 6.45) is 0. The van der Waals surface area contributed by atoms with Crippen LogP contribution in [0.4, 0.5) is 11.6 Å². The number of rotatable bonds is 8. The summed E-state index contributed by atoms with van der Waals surface area (Å²) in [6.45, 7) is 4.33. The van der Waals surface area contributed by atoms with Crippen LogP contribution in [0.3, 0.4) is 0 Å². The van der Waals surface area contributed by atoms with E-state index in [4.69, 9.17) is 5.73 Å². The van der Waals surface area contributed by atoms with Crippen molar-refractivity contribution in [2.24, 2.45) is 7.05 Å². The highest BCUT2D eigenvalue weighted by Crippen LogP contribution is 2.21. The van der Waals surface area contributed by atoms with E-state index in [1.807, 2.05) is 0 Å². The molecule has 0 fully saturated rings. The monoisotopic (exact) mass is 398 g/mol. The zero-order chi connectivity index (χ0) is 19.3. The zero-order valence-electron chi connectivity index (χ0n) is 14.8. The van der Waals surface area contributed by atoms with E-state index in [0.717, 1.165) is 0 Å². The number of carbonyl (C=O) groups excluding carboxylic acids is 1. The van der Waals surface area contributed by atoms with Gasteiger partial charge in [-0.15, -0.1) is 10.2 Å². The Bertz CT molecular complexity index is 877. The SMILES string of the molecule is CCN(CC)S(=O)(=O)c1cccc(NC(=O)CSc2nnc(N)n2C)c1. The highest BCUT2D eigenvalue weighted by atomic mass is 32.2. The van der Waals surface area contributed by atoms with E-state index in [2.05, 4.69) is 15.5 Å². The Balaban J connectivity index is 2.06. The molecule has 1 heterocycles. The minimum Gasteiger partial charge on any atom is -0.368 e. The van der Waals surface area contributed by atoms with E-state index >= 15 is 0 Å². The number of hydrogen-bond donors (Lipinski definition) is 2. The number of hydrogen-bond acceptors (Lipinski definition) is 7. The Morgan fingerprint density at radius 2 is 2.00 bits per heavy atom. The standard InChI is InChI=1S/C15H22N6O3S2/c1-4-21(5-2)26(23,24)12-8-6-7-11(9-12)17-13(22)10-25-15-19-18-14(16)20(15)3/h6-9H,4-5,10H2,1-3H3,(H2,16,18)(H,17,22). The first kappa shape index (κ1) is 20.2. The van der Waals surface area contributed by atoms with Crippen LogP contribution in [0.15, 0.2) is 34.3 Å². The third-order valence-corrected chi connectivity index (χ3v) is 6.73. The second kappa shape index (κ2) is 8.52. The zero-order valence-corrected chi connectivity index (χ0v) is 16.5. The molecule has 26 heavy (non-hydrogen) atoms. The number of sulfonamides is 1. The predicted octanol–water partition coefficient (Wildman–Crippen LogP) is 1.16. The molecular formula is C15H22N6O3S2. The maximum absolute atomic E-state index is 12.6. The minimum absolute atomic E-state index is 0.0962. The molecule has 0 atom stereocenters. The Morgan fingerprint density at radius 1 is 1.31 bits per heavy atom. The van der Waals surface area contributed by atoms with E-state index in [1.165, 1.54) is 28.2 Å². The van der Waals surface area contributed by atoms with Crippen LogP contribution >= 0.6 is 11.8 Å². The van der Waals surface area contributed by atoms with Gasteiger partial charge in [-0.2, -0.15) is 4.31 Å². The van der Waals surface area contributed by atoms with Gasteiger partial charge in [0.15, 0.2) is 5.16 Å². The summed E-state index contributed by atoms with van der Waals surface area (Å²) in [5.74, 6) is 0.0788. The van der Waals surface area contributed by atoms with Crippen molar-refractivity contribution in [3.05, 3.63) is 24.3 Å². The minimum atomic E-state index is -3.58. The normalized spacial score (nSPS) is 11.7. The molecule has 0 aliphatic carbocycles. The summed E-state index contributed by atoms with van der Waals surface area (Å²) in [5.41, 5.74) is 6.01. The van der Waals surface area contributed by atoms with Crippen molar-refractivity contribution in [3.63, 3.8) is 0 Å². The molecule has 2 rings (SSSR count). The molecule has 0 unspecified atom stereocenters. The molecule has 0 saturated heterocycles. The van der Waals surface area contributed by atoms with E-state index < -0.39 is 10.0 Å². The fraction of sp³-hybridized carbons (Fsp3) is 0.400. The first-order valence-corrected chi connectivity index (χ1v) is 10.4. The quantitative estimate of drug-likeness (QED) is 0.640. The largest absolute Gasteiger partial charge is 0.368 e. The predicted molar refractivity (Wildman–Crippen MR) is 101 cm³/mol. The van der Waals surface area contributed by atoms with Gasteiger partial charge in [0.25, 0.3) is 0 Å². The summed E-state index contributed by atoms with van der Waals surface area (Å²) in [7, 11) is -1.87. The second-order valence-electron chi connectivity index (χ2n) is 5.35. The first-order valence-electron chi connectivity index (χ1n) is 7.97. The fourth-order valence-electron chi connectivity index (χ4n) is 2.23. The van der Waals surface area contributed by atoms with Gasteiger partial charge in [-0.05, 0) is 18.2 Å². The number of nitrogens with one attached hydrogen (secondary N) is 1. The molecule has 1 aromatic heterocycles. The lowest BCUT2D eigenvalue weighted by Gasteiger charge is -2.18. The smallest absolute Gasteiger partial charge is 0.243 e. The number of nitrogens with two attached hydrogens (primary N) is 1. The van der Waals surface area contributed by atoms with Gasteiger partial charge in [-0.1, -0.05) is 31.7 Å². The van der Waals surface area contributed by atoms with Crippen LogP contribution in [0.1, 0.15) is 13.8 Å². The maximum Gasteiger partial charge on any atom is 0.243 e. The highest BCUT2D eigenvalue weighted by Gasteiger charge is 2.21. The van der Waals surface area contributed by atoms with Crippen molar-refractivity contribution in [2.45, 2.75) is 23.9 Å². The van der Waals surface area contributed by atoms with Gasteiger partial charge in [-0.3, -0.25) is 9.36 Å². The topological polar surface area (TPSA) is 123 Å². The number of anilines is 2. The van der Waals surface area contributed by atoms with Crippen LogP contribution in [-0.2, 0) is 21.9 Å². The van der Waals surface area contributed by atoms with Crippen molar-refractivity contribution in [2.75, 3.05) is 29.9 Å². The Kier molecular flexibility index (Phi) is 6.62. The van der Waals surface area contributed by atoms with Crippen LogP contribution in [0.25, 0.3) is 0 Å². The van der Waals surface area contributed by atoms with Crippen LogP contribution in [0.2, 0.25) is 0 Å². The molecule has 1 amide bonds. The average Bonchev–Trinajstić information content (AvgIpc) is 2.93. The van der Waals surface area contributed by atoms with Crippen LogP contribution in [-0.4, -0.2) is 52.2 Å². The third kappa shape index (κ3) is 4.54. The van der Waals surface area contributed by atoms with Gasteiger partial charge in [-0.25, -0.2) is 8.42 Å². The molecule has 0 bridgehead atoms. The molecule has 2 aromatic rings. The van der Waals surface area contributed by atoms with Crippen molar-refractivity contribution in [3.8, 4) is 0 Å². The molecule has 0 radical (unpaired) electrons. The van der Waals surface area contributed by atoms with Gasteiger partial charge in [0.1, 0.15) is 0 Å². The average molecular weight is 399 g/mol. The number of nitrogens with zero attached hydrogens (tertiary/aromatic N) is 4. The van der Waals surface area contributed by atoms with Crippen molar-refractivity contribution >= 4 is 39.3 Å². The summed E-state index contributed by atoms with van der Waals surface area (Å²) >= 11 is 1.19. The lowest BCUT2D eigenvalue weighted by molar-refractivity contribution is -0.113. The Hall–Kier alpha value is -2.11. The molecule has 142 valence electrons. The van der Waals surface area contributed by atoms with Crippen molar-refractivity contribution in [1.82, 2.24) is 19.1 Å². The van der Waals surface area contributed by atoms with Crippen molar-refractivity contribution < 1.29 is 13.2 Å². The fourth-order valence-corrected chi connectivity index (χ4v) is 4.45. The van der Waals surface area contributed by atoms with Crippen LogP contribution < -0.4 is 11.1 Å². The van der Waals surface area contributed by atoms with E-state index in [1.54, 1.807) is 37.6 Å². The first-order chi connectivity index (χ1) is 12.3. The Morgan fingerprint density at radius 3 is 2.58 bits per heavy atom. The molecule has 0 aliphatic heterocycles. The van der Waals surface area contributed by atoms with Gasteiger partial charge >= 0.3 is 0 Å². The van der Waals surface area contributed by atoms with Gasteiger partial charge < -0.3 is 11.1 Å². The summed E-state index contributed by atoms with van der Waals surface area (Å²) in [6, 6.07) is 6.21. The lowest BCUT2D eigenvalue weighted by Crippen LogP contribution is -2.30. The number of carbonyl (C=O) groups is 1. The molecule has 0 spiro atoms. The number of aromatic nitrogens is 3. The van der Waals surface area contributed by atoms with E-state index in [-0.39, 0.29) is 22.5 Å². The van der Waals surface area contributed by atoms with Crippen LogP contribution in [0, 0.1) is 0 Å². The molecule has 3 N–H and O–H groups in total. The second-order valence-corrected chi connectivity index (χ2v) is 8.23. The number of nitrogen functional groups attached to an aromatic ring is 1. The highest BCUT2D eigenvalue weighted by molar-refractivity contribution is 7.99. The van der Waals surface area contributed by atoms with E-state index in [9.17, 15) is 13.2 Å².